The van der Waals surface area contributed by atoms with Crippen molar-refractivity contribution in [3.63, 3.8) is 0 Å². The molecule has 53 heavy (non-hydrogen) atoms. The Hall–Kier alpha value is -6.78. The number of anilines is 5. The van der Waals surface area contributed by atoms with Gasteiger partial charge in [-0.25, -0.2) is 0 Å². The van der Waals surface area contributed by atoms with Gasteiger partial charge in [-0.3, -0.25) is 0 Å². The van der Waals surface area contributed by atoms with E-state index in [2.05, 4.69) is 156 Å². The lowest BCUT2D eigenvalue weighted by Crippen LogP contribution is -2.14. The molecule has 6 aromatic rings. The first-order chi connectivity index (χ1) is 26.1. The minimum Gasteiger partial charge on any atom is -0.496 e. The summed E-state index contributed by atoms with van der Waals surface area (Å²) in [4.78, 5) is 4.41. The minimum absolute atomic E-state index is 0.548. The van der Waals surface area contributed by atoms with Gasteiger partial charge in [-0.2, -0.15) is 0 Å². The number of allylic oxidation sites excluding steroid dienone is 3. The number of nitrogens with zero attached hydrogens (tertiary/aromatic N) is 2. The zero-order valence-electron chi connectivity index (χ0n) is 30.3. The molecule has 0 atom stereocenters. The third-order valence-electron chi connectivity index (χ3n) is 8.67. The Morgan fingerprint density at radius 3 is 1.45 bits per heavy atom. The van der Waals surface area contributed by atoms with Gasteiger partial charge in [0.05, 0.1) is 13.7 Å². The second-order valence-electron chi connectivity index (χ2n) is 12.1. The van der Waals surface area contributed by atoms with Gasteiger partial charge in [0.25, 0.3) is 0 Å². The lowest BCUT2D eigenvalue weighted by atomic mass is 10.0. The quantitative estimate of drug-likeness (QED) is 0.0790. The molecule has 0 N–H and O–H groups in total. The van der Waals surface area contributed by atoms with E-state index in [0.29, 0.717) is 6.61 Å². The fraction of sp³-hybridized carbons (Fsp3) is 0.0612. The molecule has 0 unspecified atom stereocenters. The van der Waals surface area contributed by atoms with Gasteiger partial charge >= 0.3 is 0 Å². The van der Waals surface area contributed by atoms with E-state index < -0.39 is 0 Å². The molecule has 0 saturated heterocycles. The largest absolute Gasteiger partial charge is 0.496 e. The van der Waals surface area contributed by atoms with Gasteiger partial charge in [0.15, 0.2) is 0 Å². The Kier molecular flexibility index (Phi) is 12.2. The van der Waals surface area contributed by atoms with Crippen molar-refractivity contribution in [1.82, 2.24) is 0 Å². The third kappa shape index (κ3) is 8.94. The van der Waals surface area contributed by atoms with Crippen molar-refractivity contribution in [1.29, 1.82) is 0 Å². The lowest BCUT2D eigenvalue weighted by molar-refractivity contribution is 0.338. The fourth-order valence-electron chi connectivity index (χ4n) is 6.13. The summed E-state index contributed by atoms with van der Waals surface area (Å²) < 4.78 is 12.0. The van der Waals surface area contributed by atoms with Gasteiger partial charge in [0.1, 0.15) is 11.5 Å². The van der Waals surface area contributed by atoms with Gasteiger partial charge in [0.2, 0.25) is 0 Å². The third-order valence-corrected chi connectivity index (χ3v) is 8.67. The van der Waals surface area contributed by atoms with Crippen molar-refractivity contribution in [2.75, 3.05) is 23.5 Å². The maximum Gasteiger partial charge on any atom is 0.127 e. The fourth-order valence-corrected chi connectivity index (χ4v) is 6.13. The highest BCUT2D eigenvalue weighted by molar-refractivity contribution is 5.81. The molecule has 0 spiro atoms. The second-order valence-corrected chi connectivity index (χ2v) is 12.1. The smallest absolute Gasteiger partial charge is 0.127 e. The van der Waals surface area contributed by atoms with Crippen LogP contribution < -0.4 is 19.3 Å². The van der Waals surface area contributed by atoms with Gasteiger partial charge in [0, 0.05) is 45.3 Å². The van der Waals surface area contributed by atoms with Crippen molar-refractivity contribution in [3.8, 4) is 11.5 Å². The Morgan fingerprint density at radius 1 is 0.547 bits per heavy atom. The summed E-state index contributed by atoms with van der Waals surface area (Å²) in [6.45, 7) is 10.5. The first-order valence-electron chi connectivity index (χ1n) is 17.7. The predicted octanol–water partition coefficient (Wildman–Crippen LogP) is 13.3. The van der Waals surface area contributed by atoms with E-state index in [0.717, 1.165) is 67.9 Å². The summed E-state index contributed by atoms with van der Waals surface area (Å²) in [5.74, 6) is 1.55. The van der Waals surface area contributed by atoms with Gasteiger partial charge in [-0.05, 0) is 103 Å². The van der Waals surface area contributed by atoms with Crippen LogP contribution in [0.25, 0.3) is 24.3 Å². The van der Waals surface area contributed by atoms with Crippen LogP contribution in [0.15, 0.2) is 189 Å². The van der Waals surface area contributed by atoms with Crippen LogP contribution in [0.1, 0.15) is 29.2 Å². The molecule has 0 amide bonds. The summed E-state index contributed by atoms with van der Waals surface area (Å²) >= 11 is 0. The molecule has 0 radical (unpaired) electrons. The normalized spacial score (nSPS) is 11.4. The first-order valence-corrected chi connectivity index (χ1v) is 17.7. The van der Waals surface area contributed by atoms with E-state index in [4.69, 9.17) is 9.47 Å². The van der Waals surface area contributed by atoms with Gasteiger partial charge in [-0.15, -0.1) is 0 Å². The number of rotatable bonds is 15. The topological polar surface area (TPSA) is 24.9 Å². The monoisotopic (exact) mass is 692 g/mol. The standard InChI is InChI=1S/C49H44N2O2/c1-5-17-42(6-2)50(43-18-11-8-12-19-43)46-32-26-38(27-33-46)24-30-40-37-49(53-7-3)41(36-48(40)52-4)31-25-39-28-34-47(35-29-39)51(44-20-13-9-14-21-44)45-22-15-10-16-23-45/h5-6,8-37H,1-2,7H2,3-4H3. The number of hydrogen-bond acceptors (Lipinski definition) is 4. The molecular weight excluding hydrogens is 649 g/mol. The summed E-state index contributed by atoms with van der Waals surface area (Å²) in [7, 11) is 1.70. The molecule has 0 heterocycles. The molecule has 6 rings (SSSR count). The van der Waals surface area contributed by atoms with Crippen LogP contribution in [0.2, 0.25) is 0 Å². The van der Waals surface area contributed by atoms with Gasteiger partial charge < -0.3 is 19.3 Å². The zero-order chi connectivity index (χ0) is 36.8. The number of methoxy groups -OCH3 is 1. The van der Waals surface area contributed by atoms with E-state index >= 15 is 0 Å². The Bertz CT molecular complexity index is 2150. The summed E-state index contributed by atoms with van der Waals surface area (Å²) in [6.07, 6.45) is 13.9. The van der Waals surface area contributed by atoms with E-state index in [1.54, 1.807) is 13.2 Å². The summed E-state index contributed by atoms with van der Waals surface area (Å²) in [5.41, 5.74) is 10.3. The summed E-state index contributed by atoms with van der Waals surface area (Å²) in [6, 6.07) is 52.2. The van der Waals surface area contributed by atoms with Crippen LogP contribution in [0.5, 0.6) is 11.5 Å². The highest BCUT2D eigenvalue weighted by Crippen LogP contribution is 2.36. The highest BCUT2D eigenvalue weighted by Gasteiger charge is 2.14. The predicted molar refractivity (Wildman–Crippen MR) is 227 cm³/mol. The average Bonchev–Trinajstić information content (AvgIpc) is 3.21. The van der Waals surface area contributed by atoms with Crippen LogP contribution in [0.4, 0.5) is 28.4 Å². The average molecular weight is 693 g/mol. The molecule has 0 bridgehead atoms. The highest BCUT2D eigenvalue weighted by atomic mass is 16.5. The van der Waals surface area contributed by atoms with E-state index in [9.17, 15) is 0 Å². The van der Waals surface area contributed by atoms with Crippen LogP contribution in [0.3, 0.4) is 0 Å². The molecule has 0 saturated carbocycles. The molecule has 0 aromatic heterocycles. The molecular formula is C49H44N2O2. The van der Waals surface area contributed by atoms with E-state index in [1.807, 2.05) is 61.5 Å². The molecule has 0 fully saturated rings. The summed E-state index contributed by atoms with van der Waals surface area (Å²) in [5, 5.41) is 0. The first kappa shape index (κ1) is 36.0. The molecule has 4 heteroatoms. The van der Waals surface area contributed by atoms with Crippen molar-refractivity contribution < 1.29 is 9.47 Å². The van der Waals surface area contributed by atoms with Crippen molar-refractivity contribution in [2.24, 2.45) is 0 Å². The SMILES string of the molecule is C=CC=C(C=C)N(c1ccccc1)c1ccc(C=Cc2cc(OCC)c(C=Cc3ccc(N(c4ccccc4)c4ccccc4)cc3)cc2OC)cc1. The van der Waals surface area contributed by atoms with Crippen LogP contribution in [-0.4, -0.2) is 13.7 Å². The molecule has 0 aliphatic rings. The van der Waals surface area contributed by atoms with Crippen molar-refractivity contribution in [2.45, 2.75) is 6.92 Å². The van der Waals surface area contributed by atoms with E-state index in [1.165, 1.54) is 0 Å². The van der Waals surface area contributed by atoms with Crippen LogP contribution in [-0.2, 0) is 0 Å². The number of benzene rings is 6. The maximum absolute atomic E-state index is 6.13. The van der Waals surface area contributed by atoms with Crippen molar-refractivity contribution in [3.05, 3.63) is 211 Å². The zero-order valence-corrected chi connectivity index (χ0v) is 30.3. The van der Waals surface area contributed by atoms with E-state index in [-0.39, 0.29) is 0 Å². The van der Waals surface area contributed by atoms with Crippen molar-refractivity contribution >= 4 is 52.7 Å². The minimum atomic E-state index is 0.548. The Morgan fingerprint density at radius 2 is 0.981 bits per heavy atom. The number of hydrogen-bond donors (Lipinski definition) is 0. The van der Waals surface area contributed by atoms with Gasteiger partial charge in [-0.1, -0.05) is 122 Å². The maximum atomic E-state index is 6.13. The molecule has 0 aliphatic carbocycles. The Labute approximate surface area is 314 Å². The Balaban J connectivity index is 1.23. The lowest BCUT2D eigenvalue weighted by Gasteiger charge is -2.26. The molecule has 6 aromatic carbocycles. The number of para-hydroxylation sites is 3. The second kappa shape index (κ2) is 17.9. The molecule has 0 aliphatic heterocycles. The number of ether oxygens (including phenoxy) is 2. The van der Waals surface area contributed by atoms with Crippen LogP contribution in [0, 0.1) is 0 Å². The molecule has 4 nitrogen and oxygen atoms in total. The van der Waals surface area contributed by atoms with Crippen LogP contribution >= 0.6 is 0 Å². The molecule has 262 valence electrons.